The highest BCUT2D eigenvalue weighted by Crippen LogP contribution is 2.09. The van der Waals surface area contributed by atoms with Gasteiger partial charge in [0.1, 0.15) is 6.10 Å². The number of hydrogen-bond donors (Lipinski definition) is 4. The third-order valence-corrected chi connectivity index (χ3v) is 2.43. The molecule has 0 fully saturated rings. The van der Waals surface area contributed by atoms with Crippen LogP contribution in [0.15, 0.2) is 23.0 Å². The van der Waals surface area contributed by atoms with Crippen molar-refractivity contribution >= 4 is 16.9 Å². The van der Waals surface area contributed by atoms with Crippen LogP contribution in [0.3, 0.4) is 0 Å². The first-order chi connectivity index (χ1) is 8.06. The summed E-state index contributed by atoms with van der Waals surface area (Å²) in [6.45, 7) is 1.72. The van der Waals surface area contributed by atoms with Gasteiger partial charge in [-0.1, -0.05) is 6.07 Å². The first-order valence-electron chi connectivity index (χ1n) is 5.23. The number of aromatic nitrogens is 2. The molecule has 1 heterocycles. The van der Waals surface area contributed by atoms with E-state index in [0.29, 0.717) is 12.1 Å². The van der Waals surface area contributed by atoms with E-state index in [1.165, 1.54) is 6.92 Å². The Morgan fingerprint density at radius 1 is 1.41 bits per heavy atom. The molecule has 90 valence electrons. The van der Waals surface area contributed by atoms with Gasteiger partial charge in [0.25, 0.3) is 0 Å². The van der Waals surface area contributed by atoms with Crippen molar-refractivity contribution < 1.29 is 9.90 Å². The molecule has 4 N–H and O–H groups in total. The van der Waals surface area contributed by atoms with E-state index < -0.39 is 12.0 Å². The summed E-state index contributed by atoms with van der Waals surface area (Å²) in [6, 6.07) is 5.33. The minimum absolute atomic E-state index is 0.259. The van der Waals surface area contributed by atoms with Crippen LogP contribution in [0.5, 0.6) is 0 Å². The molecule has 0 saturated carbocycles. The van der Waals surface area contributed by atoms with Crippen molar-refractivity contribution in [3.8, 4) is 0 Å². The van der Waals surface area contributed by atoms with Crippen LogP contribution in [0, 0.1) is 0 Å². The van der Waals surface area contributed by atoms with Gasteiger partial charge in [-0.05, 0) is 24.6 Å². The molecule has 1 atom stereocenters. The summed E-state index contributed by atoms with van der Waals surface area (Å²) in [7, 11) is 0. The van der Waals surface area contributed by atoms with Gasteiger partial charge in [-0.25, -0.2) is 4.79 Å². The normalized spacial score (nSPS) is 12.6. The van der Waals surface area contributed by atoms with Crippen LogP contribution in [0.2, 0.25) is 0 Å². The largest absolute Gasteiger partial charge is 0.384 e. The molecule has 1 unspecified atom stereocenters. The smallest absolute Gasteiger partial charge is 0.323 e. The van der Waals surface area contributed by atoms with Crippen molar-refractivity contribution in [2.24, 2.45) is 0 Å². The Labute approximate surface area is 96.7 Å². The fourth-order valence-corrected chi connectivity index (χ4v) is 1.53. The minimum Gasteiger partial charge on any atom is -0.384 e. The molecule has 2 aromatic rings. The number of rotatable bonds is 3. The summed E-state index contributed by atoms with van der Waals surface area (Å²) in [5.74, 6) is -0.423. The zero-order valence-electron chi connectivity index (χ0n) is 9.28. The van der Waals surface area contributed by atoms with E-state index in [0.717, 1.165) is 11.1 Å². The molecule has 0 radical (unpaired) electrons. The molecule has 17 heavy (non-hydrogen) atoms. The van der Waals surface area contributed by atoms with Gasteiger partial charge in [0.2, 0.25) is 5.91 Å². The number of aliphatic hydroxyl groups excluding tert-OH is 1. The molecule has 1 aromatic carbocycles. The number of aliphatic hydroxyl groups is 1. The van der Waals surface area contributed by atoms with Crippen LogP contribution in [0.1, 0.15) is 12.5 Å². The lowest BCUT2D eigenvalue weighted by atomic mass is 10.2. The highest BCUT2D eigenvalue weighted by molar-refractivity contribution is 5.80. The maximum atomic E-state index is 11.2. The summed E-state index contributed by atoms with van der Waals surface area (Å²) < 4.78 is 0. The van der Waals surface area contributed by atoms with Crippen molar-refractivity contribution in [1.29, 1.82) is 0 Å². The molecular formula is C11H13N3O3. The van der Waals surface area contributed by atoms with Crippen molar-refractivity contribution in [3.05, 3.63) is 34.2 Å². The number of nitrogens with one attached hydrogen (secondary N) is 3. The lowest BCUT2D eigenvalue weighted by Crippen LogP contribution is -2.31. The zero-order chi connectivity index (χ0) is 12.4. The summed E-state index contributed by atoms with van der Waals surface area (Å²) in [6.07, 6.45) is -1.02. The van der Waals surface area contributed by atoms with Crippen LogP contribution in [0.25, 0.3) is 11.0 Å². The fourth-order valence-electron chi connectivity index (χ4n) is 1.53. The minimum atomic E-state index is -1.02. The number of aromatic amines is 2. The Hall–Kier alpha value is -2.08. The number of carbonyl (C=O) groups is 1. The van der Waals surface area contributed by atoms with Gasteiger partial charge in [0.15, 0.2) is 0 Å². The quantitative estimate of drug-likeness (QED) is 0.595. The summed E-state index contributed by atoms with van der Waals surface area (Å²) in [5, 5.41) is 11.6. The number of imidazole rings is 1. The van der Waals surface area contributed by atoms with Gasteiger partial charge >= 0.3 is 5.69 Å². The van der Waals surface area contributed by atoms with E-state index in [9.17, 15) is 9.59 Å². The second kappa shape index (κ2) is 4.42. The van der Waals surface area contributed by atoms with Crippen molar-refractivity contribution in [2.45, 2.75) is 19.6 Å². The van der Waals surface area contributed by atoms with Gasteiger partial charge in [-0.15, -0.1) is 0 Å². The highest BCUT2D eigenvalue weighted by Gasteiger charge is 2.07. The van der Waals surface area contributed by atoms with Crippen LogP contribution in [-0.2, 0) is 11.3 Å². The third-order valence-electron chi connectivity index (χ3n) is 2.43. The summed E-state index contributed by atoms with van der Waals surface area (Å²) in [4.78, 5) is 27.5. The van der Waals surface area contributed by atoms with Gasteiger partial charge in [0.05, 0.1) is 11.0 Å². The van der Waals surface area contributed by atoms with Crippen LogP contribution >= 0.6 is 0 Å². The fraction of sp³-hybridized carbons (Fsp3) is 0.273. The Morgan fingerprint density at radius 2 is 2.12 bits per heavy atom. The zero-order valence-corrected chi connectivity index (χ0v) is 9.28. The maximum absolute atomic E-state index is 11.2. The van der Waals surface area contributed by atoms with Crippen molar-refractivity contribution in [2.75, 3.05) is 0 Å². The maximum Gasteiger partial charge on any atom is 0.323 e. The number of H-pyrrole nitrogens is 2. The second-order valence-corrected chi connectivity index (χ2v) is 3.85. The van der Waals surface area contributed by atoms with Crippen LogP contribution in [0.4, 0.5) is 0 Å². The predicted molar refractivity (Wildman–Crippen MR) is 62.4 cm³/mol. The van der Waals surface area contributed by atoms with E-state index in [4.69, 9.17) is 5.11 Å². The molecule has 0 aliphatic carbocycles. The van der Waals surface area contributed by atoms with E-state index in [1.54, 1.807) is 18.2 Å². The van der Waals surface area contributed by atoms with Crippen molar-refractivity contribution in [3.63, 3.8) is 0 Å². The molecule has 6 nitrogen and oxygen atoms in total. The van der Waals surface area contributed by atoms with Gasteiger partial charge in [0, 0.05) is 6.54 Å². The topological polar surface area (TPSA) is 98.0 Å². The van der Waals surface area contributed by atoms with E-state index in [-0.39, 0.29) is 5.69 Å². The number of fused-ring (bicyclic) bond motifs is 1. The molecule has 0 bridgehead atoms. The Balaban J connectivity index is 2.14. The SMILES string of the molecule is CC(O)C(=O)NCc1ccc2[nH]c(=O)[nH]c2c1. The predicted octanol–water partition coefficient (Wildman–Crippen LogP) is -0.147. The summed E-state index contributed by atoms with van der Waals surface area (Å²) >= 11 is 0. The lowest BCUT2D eigenvalue weighted by molar-refractivity contribution is -0.128. The molecule has 1 amide bonds. The van der Waals surface area contributed by atoms with Gasteiger partial charge < -0.3 is 20.4 Å². The van der Waals surface area contributed by atoms with Gasteiger partial charge in [-0.2, -0.15) is 0 Å². The standard InChI is InChI=1S/C11H13N3O3/c1-6(15)10(16)12-5-7-2-3-8-9(4-7)14-11(17)13-8/h2-4,6,15H,5H2,1H3,(H,12,16)(H2,13,14,17). The third kappa shape index (κ3) is 2.54. The Bertz CT molecular complexity index is 597. The molecule has 0 aliphatic heterocycles. The summed E-state index contributed by atoms with van der Waals surface area (Å²) in [5.41, 5.74) is 2.01. The molecule has 6 heteroatoms. The first kappa shape index (κ1) is 11.4. The molecular weight excluding hydrogens is 222 g/mol. The number of hydrogen-bond acceptors (Lipinski definition) is 3. The van der Waals surface area contributed by atoms with Crippen molar-refractivity contribution in [1.82, 2.24) is 15.3 Å². The monoisotopic (exact) mass is 235 g/mol. The Morgan fingerprint density at radius 3 is 2.82 bits per heavy atom. The number of carbonyl (C=O) groups excluding carboxylic acids is 1. The number of benzene rings is 1. The van der Waals surface area contributed by atoms with E-state index >= 15 is 0 Å². The van der Waals surface area contributed by atoms with Crippen LogP contribution < -0.4 is 11.0 Å². The number of amides is 1. The first-order valence-corrected chi connectivity index (χ1v) is 5.23. The van der Waals surface area contributed by atoms with Crippen LogP contribution in [-0.4, -0.2) is 27.1 Å². The molecule has 0 spiro atoms. The van der Waals surface area contributed by atoms with Gasteiger partial charge in [-0.3, -0.25) is 4.79 Å². The lowest BCUT2D eigenvalue weighted by Gasteiger charge is -2.06. The molecule has 0 saturated heterocycles. The Kier molecular flexibility index (Phi) is 2.97. The van der Waals surface area contributed by atoms with E-state index in [2.05, 4.69) is 15.3 Å². The molecule has 1 aromatic heterocycles. The van der Waals surface area contributed by atoms with E-state index in [1.807, 2.05) is 0 Å². The second-order valence-electron chi connectivity index (χ2n) is 3.85. The molecule has 0 aliphatic rings. The average Bonchev–Trinajstić information content (AvgIpc) is 2.64. The average molecular weight is 235 g/mol. The highest BCUT2D eigenvalue weighted by atomic mass is 16.3. The molecule has 2 rings (SSSR count).